The molecule has 20 heavy (non-hydrogen) atoms. The van der Waals surface area contributed by atoms with Crippen molar-refractivity contribution < 1.29 is 9.59 Å². The van der Waals surface area contributed by atoms with Gasteiger partial charge in [0.25, 0.3) is 0 Å². The maximum atomic E-state index is 11.8. The average molecular weight is 339 g/mol. The summed E-state index contributed by atoms with van der Waals surface area (Å²) >= 11 is 3.48. The molecule has 1 aliphatic carbocycles. The van der Waals surface area contributed by atoms with Gasteiger partial charge in [0.05, 0.1) is 5.69 Å². The molecule has 1 fully saturated rings. The topological polar surface area (TPSA) is 49.4 Å². The highest BCUT2D eigenvalue weighted by Gasteiger charge is 2.23. The third-order valence-electron chi connectivity index (χ3n) is 3.28. The first-order valence-electron chi connectivity index (χ1n) is 6.81. The number of hydrogen-bond donors (Lipinski definition) is 1. The predicted molar refractivity (Wildman–Crippen MR) is 82.7 cm³/mol. The molecule has 5 heteroatoms. The van der Waals surface area contributed by atoms with Gasteiger partial charge in [0.15, 0.2) is 0 Å². The van der Waals surface area contributed by atoms with Crippen LogP contribution in [0.5, 0.6) is 0 Å². The lowest BCUT2D eigenvalue weighted by Gasteiger charge is -2.22. The molecule has 0 radical (unpaired) electrons. The summed E-state index contributed by atoms with van der Waals surface area (Å²) in [6.07, 6.45) is 2.48. The van der Waals surface area contributed by atoms with E-state index in [1.807, 2.05) is 25.1 Å². The molecule has 0 saturated heterocycles. The third-order valence-corrected chi connectivity index (χ3v) is 3.91. The van der Waals surface area contributed by atoms with Crippen molar-refractivity contribution in [2.75, 3.05) is 11.4 Å². The first kappa shape index (κ1) is 15.0. The Kier molecular flexibility index (Phi) is 4.81. The van der Waals surface area contributed by atoms with Gasteiger partial charge in [0, 0.05) is 30.4 Å². The molecule has 1 aromatic rings. The fourth-order valence-electron chi connectivity index (χ4n) is 2.02. The van der Waals surface area contributed by atoms with Gasteiger partial charge in [0.1, 0.15) is 0 Å². The number of halogens is 1. The molecule has 2 rings (SSSR count). The molecule has 0 spiro atoms. The lowest BCUT2D eigenvalue weighted by molar-refractivity contribution is -0.121. The fraction of sp³-hybridized carbons (Fsp3) is 0.467. The van der Waals surface area contributed by atoms with Gasteiger partial charge in [-0.25, -0.2) is 0 Å². The molecule has 1 saturated carbocycles. The Morgan fingerprint density at radius 1 is 1.40 bits per heavy atom. The molecule has 1 aromatic carbocycles. The fourth-order valence-corrected chi connectivity index (χ4v) is 2.73. The number of rotatable bonds is 5. The highest BCUT2D eigenvalue weighted by Crippen LogP contribution is 2.27. The van der Waals surface area contributed by atoms with E-state index < -0.39 is 0 Å². The zero-order valence-electron chi connectivity index (χ0n) is 11.8. The van der Waals surface area contributed by atoms with Crippen molar-refractivity contribution in [1.82, 2.24) is 5.32 Å². The van der Waals surface area contributed by atoms with Crippen molar-refractivity contribution in [2.24, 2.45) is 0 Å². The summed E-state index contributed by atoms with van der Waals surface area (Å²) in [4.78, 5) is 25.2. The van der Waals surface area contributed by atoms with Crippen LogP contribution >= 0.6 is 15.9 Å². The summed E-state index contributed by atoms with van der Waals surface area (Å²) in [7, 11) is 0. The first-order valence-corrected chi connectivity index (χ1v) is 7.60. The Morgan fingerprint density at radius 2 is 2.10 bits per heavy atom. The van der Waals surface area contributed by atoms with Crippen LogP contribution in [0.2, 0.25) is 0 Å². The number of nitrogens with one attached hydrogen (secondary N) is 1. The van der Waals surface area contributed by atoms with Crippen molar-refractivity contribution in [3.05, 3.63) is 28.2 Å². The monoisotopic (exact) mass is 338 g/mol. The van der Waals surface area contributed by atoms with Crippen molar-refractivity contribution in [1.29, 1.82) is 0 Å². The Labute approximate surface area is 127 Å². The summed E-state index contributed by atoms with van der Waals surface area (Å²) in [6, 6.07) is 6.19. The van der Waals surface area contributed by atoms with E-state index in [0.29, 0.717) is 19.0 Å². The number of nitrogens with zero attached hydrogens (tertiary/aromatic N) is 1. The summed E-state index contributed by atoms with van der Waals surface area (Å²) in [5, 5.41) is 2.93. The normalized spacial score (nSPS) is 13.9. The van der Waals surface area contributed by atoms with Crippen LogP contribution in [0.3, 0.4) is 0 Å². The lowest BCUT2D eigenvalue weighted by atomic mass is 10.2. The molecule has 4 nitrogen and oxygen atoms in total. The van der Waals surface area contributed by atoms with Crippen LogP contribution in [0.25, 0.3) is 0 Å². The summed E-state index contributed by atoms with van der Waals surface area (Å²) in [5.74, 6) is -0.0456. The molecule has 1 aliphatic rings. The van der Waals surface area contributed by atoms with Gasteiger partial charge >= 0.3 is 0 Å². The third kappa shape index (κ3) is 4.07. The first-order chi connectivity index (χ1) is 9.47. The molecule has 0 heterocycles. The number of carbonyl (C=O) groups is 2. The Balaban J connectivity index is 2.02. The highest BCUT2D eigenvalue weighted by atomic mass is 79.9. The van der Waals surface area contributed by atoms with Gasteiger partial charge in [-0.05, 0) is 53.4 Å². The van der Waals surface area contributed by atoms with Crippen LogP contribution in [-0.2, 0) is 9.59 Å². The zero-order valence-corrected chi connectivity index (χ0v) is 13.4. The summed E-state index contributed by atoms with van der Waals surface area (Å²) < 4.78 is 0.871. The SMILES string of the molecule is CC(=O)N(CCC(=O)NC1CC1)c1ccc(C)cc1Br. The van der Waals surface area contributed by atoms with E-state index in [1.54, 1.807) is 4.90 Å². The molecule has 0 atom stereocenters. The van der Waals surface area contributed by atoms with E-state index in [4.69, 9.17) is 0 Å². The molecule has 2 amide bonds. The van der Waals surface area contributed by atoms with E-state index in [1.165, 1.54) is 6.92 Å². The zero-order chi connectivity index (χ0) is 14.7. The van der Waals surface area contributed by atoms with Crippen LogP contribution in [-0.4, -0.2) is 24.4 Å². The minimum Gasteiger partial charge on any atom is -0.353 e. The standard InChI is InChI=1S/C15H19BrN2O2/c1-10-3-6-14(13(16)9-10)18(11(2)19)8-7-15(20)17-12-4-5-12/h3,6,9,12H,4-5,7-8H2,1-2H3,(H,17,20). The highest BCUT2D eigenvalue weighted by molar-refractivity contribution is 9.10. The quantitative estimate of drug-likeness (QED) is 0.897. The van der Waals surface area contributed by atoms with Gasteiger partial charge in [-0.3, -0.25) is 9.59 Å². The van der Waals surface area contributed by atoms with E-state index >= 15 is 0 Å². The van der Waals surface area contributed by atoms with Gasteiger partial charge in [-0.2, -0.15) is 0 Å². The number of hydrogen-bond acceptors (Lipinski definition) is 2. The maximum Gasteiger partial charge on any atom is 0.223 e. The number of amides is 2. The van der Waals surface area contributed by atoms with E-state index in [2.05, 4.69) is 21.2 Å². The Morgan fingerprint density at radius 3 is 2.65 bits per heavy atom. The van der Waals surface area contributed by atoms with Crippen molar-refractivity contribution >= 4 is 33.4 Å². The van der Waals surface area contributed by atoms with E-state index in [0.717, 1.165) is 28.6 Å². The maximum absolute atomic E-state index is 11.8. The number of aryl methyl sites for hydroxylation is 1. The van der Waals surface area contributed by atoms with Crippen molar-refractivity contribution in [3.63, 3.8) is 0 Å². The number of benzene rings is 1. The second-order valence-electron chi connectivity index (χ2n) is 5.22. The van der Waals surface area contributed by atoms with E-state index in [9.17, 15) is 9.59 Å². The molecule has 0 unspecified atom stereocenters. The van der Waals surface area contributed by atoms with E-state index in [-0.39, 0.29) is 11.8 Å². The summed E-state index contributed by atoms with van der Waals surface area (Å²) in [5.41, 5.74) is 1.93. The Bertz CT molecular complexity index is 527. The van der Waals surface area contributed by atoms with Crippen LogP contribution in [0.4, 0.5) is 5.69 Å². The van der Waals surface area contributed by atoms with Crippen LogP contribution in [0.15, 0.2) is 22.7 Å². The minimum absolute atomic E-state index is 0.0157. The average Bonchev–Trinajstić information content (AvgIpc) is 3.15. The molecule has 0 bridgehead atoms. The number of anilines is 1. The Hall–Kier alpha value is -1.36. The molecule has 1 N–H and O–H groups in total. The summed E-state index contributed by atoms with van der Waals surface area (Å²) in [6.45, 7) is 3.91. The number of carbonyl (C=O) groups excluding carboxylic acids is 2. The molecule has 0 aromatic heterocycles. The van der Waals surface area contributed by atoms with Gasteiger partial charge in [0.2, 0.25) is 11.8 Å². The van der Waals surface area contributed by atoms with Crippen molar-refractivity contribution in [3.8, 4) is 0 Å². The smallest absolute Gasteiger partial charge is 0.223 e. The van der Waals surface area contributed by atoms with Crippen LogP contribution < -0.4 is 10.2 Å². The molecule has 108 valence electrons. The van der Waals surface area contributed by atoms with Crippen LogP contribution in [0, 0.1) is 6.92 Å². The lowest BCUT2D eigenvalue weighted by Crippen LogP contribution is -2.34. The molecular formula is C15H19BrN2O2. The van der Waals surface area contributed by atoms with Crippen molar-refractivity contribution in [2.45, 2.75) is 39.2 Å². The molecular weight excluding hydrogens is 320 g/mol. The van der Waals surface area contributed by atoms with Gasteiger partial charge in [-0.1, -0.05) is 6.07 Å². The second-order valence-corrected chi connectivity index (χ2v) is 6.07. The van der Waals surface area contributed by atoms with Crippen LogP contribution in [0.1, 0.15) is 31.7 Å². The predicted octanol–water partition coefficient (Wildman–Crippen LogP) is 2.78. The van der Waals surface area contributed by atoms with Gasteiger partial charge < -0.3 is 10.2 Å². The van der Waals surface area contributed by atoms with Gasteiger partial charge in [-0.15, -0.1) is 0 Å². The largest absolute Gasteiger partial charge is 0.353 e. The minimum atomic E-state index is -0.0613. The molecule has 0 aliphatic heterocycles. The second kappa shape index (κ2) is 6.39.